The van der Waals surface area contributed by atoms with Gasteiger partial charge < -0.3 is 5.11 Å². The third-order valence-corrected chi connectivity index (χ3v) is 0.718. The highest BCUT2D eigenvalue weighted by molar-refractivity contribution is 5.15. The Hall–Kier alpha value is -0.980. The molecule has 0 saturated heterocycles. The molecule has 0 fully saturated rings. The van der Waals surface area contributed by atoms with E-state index in [9.17, 15) is 0 Å². The summed E-state index contributed by atoms with van der Waals surface area (Å²) in [7, 11) is 0. The van der Waals surface area contributed by atoms with E-state index in [1.54, 1.807) is 12.2 Å². The molecule has 0 heterocycles. The average Bonchev–Trinajstić information content (AvgIpc) is 1.63. The minimum atomic E-state index is 0.0903. The van der Waals surface area contributed by atoms with E-state index >= 15 is 0 Å². The van der Waals surface area contributed by atoms with E-state index in [-0.39, 0.29) is 5.76 Å². The van der Waals surface area contributed by atoms with E-state index in [2.05, 4.69) is 6.58 Å². The van der Waals surface area contributed by atoms with Gasteiger partial charge in [-0.2, -0.15) is 0 Å². The number of aliphatic hydroxyl groups is 1. The van der Waals surface area contributed by atoms with Crippen molar-refractivity contribution in [2.24, 2.45) is 0 Å². The zero-order chi connectivity index (χ0) is 7.28. The maximum atomic E-state index is 8.55. The molecule has 0 amide bonds. The Labute approximate surface area is 56.0 Å². The molecule has 0 aromatic carbocycles. The predicted molar refractivity (Wildman–Crippen MR) is 40.3 cm³/mol. The molecule has 0 aliphatic heterocycles. The summed E-state index contributed by atoms with van der Waals surface area (Å²) in [5.41, 5.74) is 1.20. The van der Waals surface area contributed by atoms with Gasteiger partial charge in [-0.25, -0.2) is 0 Å². The molecule has 1 N–H and O–H groups in total. The Kier molecular flexibility index (Phi) is 3.52. The van der Waals surface area contributed by atoms with Gasteiger partial charge >= 0.3 is 0 Å². The molecule has 1 heteroatoms. The SMILES string of the molecule is C=C(O)/C=C\C=C(C)C. The summed E-state index contributed by atoms with van der Waals surface area (Å²) in [6.07, 6.45) is 5.21. The van der Waals surface area contributed by atoms with Crippen molar-refractivity contribution in [3.8, 4) is 0 Å². The van der Waals surface area contributed by atoms with Crippen molar-refractivity contribution in [2.45, 2.75) is 13.8 Å². The highest BCUT2D eigenvalue weighted by Gasteiger charge is 1.73. The van der Waals surface area contributed by atoms with Gasteiger partial charge in [-0.1, -0.05) is 24.3 Å². The fraction of sp³-hybridized carbons (Fsp3) is 0.250. The molecule has 0 bridgehead atoms. The van der Waals surface area contributed by atoms with Crippen molar-refractivity contribution in [2.75, 3.05) is 0 Å². The van der Waals surface area contributed by atoms with Crippen LogP contribution in [0.4, 0.5) is 0 Å². The summed E-state index contributed by atoms with van der Waals surface area (Å²) < 4.78 is 0. The minimum Gasteiger partial charge on any atom is -0.509 e. The lowest BCUT2D eigenvalue weighted by molar-refractivity contribution is 0.435. The van der Waals surface area contributed by atoms with Gasteiger partial charge in [0.15, 0.2) is 0 Å². The topological polar surface area (TPSA) is 20.2 Å². The highest BCUT2D eigenvalue weighted by atomic mass is 16.3. The van der Waals surface area contributed by atoms with Crippen LogP contribution >= 0.6 is 0 Å². The number of hydrogen-bond donors (Lipinski definition) is 1. The first-order chi connectivity index (χ1) is 4.13. The third kappa shape index (κ3) is 7.02. The summed E-state index contributed by atoms with van der Waals surface area (Å²) in [4.78, 5) is 0. The van der Waals surface area contributed by atoms with Crippen LogP contribution < -0.4 is 0 Å². The Morgan fingerprint density at radius 2 is 2.00 bits per heavy atom. The van der Waals surface area contributed by atoms with Crippen molar-refractivity contribution in [1.29, 1.82) is 0 Å². The van der Waals surface area contributed by atoms with E-state index in [1.807, 2.05) is 19.9 Å². The van der Waals surface area contributed by atoms with Crippen LogP contribution in [0.1, 0.15) is 13.8 Å². The molecule has 9 heavy (non-hydrogen) atoms. The van der Waals surface area contributed by atoms with E-state index < -0.39 is 0 Å². The fourth-order valence-corrected chi connectivity index (χ4v) is 0.352. The van der Waals surface area contributed by atoms with Gasteiger partial charge in [-0.15, -0.1) is 0 Å². The van der Waals surface area contributed by atoms with Crippen molar-refractivity contribution in [3.05, 3.63) is 36.1 Å². The number of allylic oxidation sites excluding steroid dienone is 4. The lowest BCUT2D eigenvalue weighted by Crippen LogP contribution is -1.65. The molecule has 0 unspecified atom stereocenters. The number of aliphatic hydroxyl groups excluding tert-OH is 1. The monoisotopic (exact) mass is 124 g/mol. The predicted octanol–water partition coefficient (Wildman–Crippen LogP) is 2.58. The summed E-state index contributed by atoms with van der Waals surface area (Å²) in [6.45, 7) is 7.27. The second-order valence-corrected chi connectivity index (χ2v) is 2.09. The van der Waals surface area contributed by atoms with E-state index in [0.717, 1.165) is 0 Å². The Bertz CT molecular complexity index is 148. The maximum absolute atomic E-state index is 8.55. The molecule has 0 saturated carbocycles. The van der Waals surface area contributed by atoms with E-state index in [4.69, 9.17) is 5.11 Å². The highest BCUT2D eigenvalue weighted by Crippen LogP contribution is 1.91. The Balaban J connectivity index is 3.74. The van der Waals surface area contributed by atoms with Crippen LogP contribution in [0.15, 0.2) is 36.1 Å². The van der Waals surface area contributed by atoms with Crippen LogP contribution in [0.5, 0.6) is 0 Å². The zero-order valence-electron chi connectivity index (χ0n) is 5.89. The van der Waals surface area contributed by atoms with Crippen LogP contribution in [0.2, 0.25) is 0 Å². The Morgan fingerprint density at radius 3 is 2.33 bits per heavy atom. The fourth-order valence-electron chi connectivity index (χ4n) is 0.352. The van der Waals surface area contributed by atoms with E-state index in [1.165, 1.54) is 5.57 Å². The molecule has 0 radical (unpaired) electrons. The quantitative estimate of drug-likeness (QED) is 0.443. The summed E-state index contributed by atoms with van der Waals surface area (Å²) in [5.74, 6) is 0.0903. The van der Waals surface area contributed by atoms with Gasteiger partial charge in [0.2, 0.25) is 0 Å². The zero-order valence-corrected chi connectivity index (χ0v) is 5.89. The normalized spacial score (nSPS) is 9.56. The van der Waals surface area contributed by atoms with Gasteiger partial charge in [-0.3, -0.25) is 0 Å². The molecule has 0 aliphatic rings. The van der Waals surface area contributed by atoms with Gasteiger partial charge in [0.1, 0.15) is 5.76 Å². The first-order valence-corrected chi connectivity index (χ1v) is 2.82. The summed E-state index contributed by atoms with van der Waals surface area (Å²) in [5, 5.41) is 8.55. The first kappa shape index (κ1) is 8.02. The van der Waals surface area contributed by atoms with Crippen LogP contribution in [-0.4, -0.2) is 5.11 Å². The maximum Gasteiger partial charge on any atom is 0.108 e. The second kappa shape index (κ2) is 3.96. The first-order valence-electron chi connectivity index (χ1n) is 2.82. The standard InChI is InChI=1S/C8H12O/c1-7(2)5-4-6-8(3)9/h4-6,9H,3H2,1-2H3/b6-4-. The average molecular weight is 124 g/mol. The molecule has 1 nitrogen and oxygen atoms in total. The Morgan fingerprint density at radius 1 is 1.44 bits per heavy atom. The van der Waals surface area contributed by atoms with Crippen molar-refractivity contribution < 1.29 is 5.11 Å². The number of hydrogen-bond acceptors (Lipinski definition) is 1. The largest absolute Gasteiger partial charge is 0.509 e. The second-order valence-electron chi connectivity index (χ2n) is 2.09. The van der Waals surface area contributed by atoms with Gasteiger partial charge in [0.05, 0.1) is 0 Å². The molecule has 0 aromatic heterocycles. The molecule has 0 atom stereocenters. The summed E-state index contributed by atoms with van der Waals surface area (Å²) in [6, 6.07) is 0. The third-order valence-electron chi connectivity index (χ3n) is 0.718. The lowest BCUT2D eigenvalue weighted by atomic mass is 10.3. The van der Waals surface area contributed by atoms with Crippen LogP contribution in [0.3, 0.4) is 0 Å². The van der Waals surface area contributed by atoms with E-state index in [0.29, 0.717) is 0 Å². The van der Waals surface area contributed by atoms with Gasteiger partial charge in [0, 0.05) is 0 Å². The van der Waals surface area contributed by atoms with Crippen LogP contribution in [0, 0.1) is 0 Å². The van der Waals surface area contributed by atoms with Crippen LogP contribution in [0.25, 0.3) is 0 Å². The molecule has 0 spiro atoms. The van der Waals surface area contributed by atoms with Crippen molar-refractivity contribution in [1.82, 2.24) is 0 Å². The van der Waals surface area contributed by atoms with Gasteiger partial charge in [-0.05, 0) is 19.9 Å². The lowest BCUT2D eigenvalue weighted by Gasteiger charge is -1.82. The van der Waals surface area contributed by atoms with Gasteiger partial charge in [0.25, 0.3) is 0 Å². The molecule has 50 valence electrons. The molecular formula is C8H12O. The smallest absolute Gasteiger partial charge is 0.108 e. The molecule has 0 rings (SSSR count). The van der Waals surface area contributed by atoms with Crippen LogP contribution in [-0.2, 0) is 0 Å². The molecule has 0 aromatic rings. The molecular weight excluding hydrogens is 112 g/mol. The molecule has 0 aliphatic carbocycles. The van der Waals surface area contributed by atoms with Crippen molar-refractivity contribution in [3.63, 3.8) is 0 Å². The summed E-state index contributed by atoms with van der Waals surface area (Å²) >= 11 is 0. The number of rotatable bonds is 2. The van der Waals surface area contributed by atoms with Crippen molar-refractivity contribution >= 4 is 0 Å². The minimum absolute atomic E-state index is 0.0903.